The lowest BCUT2D eigenvalue weighted by molar-refractivity contribution is 0.883. The van der Waals surface area contributed by atoms with Crippen LogP contribution in [0.2, 0.25) is 5.02 Å². The van der Waals surface area contributed by atoms with E-state index in [0.717, 1.165) is 32.8 Å². The van der Waals surface area contributed by atoms with Gasteiger partial charge in [-0.25, -0.2) is 0 Å². The molecule has 106 valence electrons. The van der Waals surface area contributed by atoms with E-state index in [1.807, 2.05) is 48.1 Å². The van der Waals surface area contributed by atoms with E-state index >= 15 is 0 Å². The van der Waals surface area contributed by atoms with Gasteiger partial charge in [0.05, 0.1) is 5.69 Å². The molecule has 0 fully saturated rings. The average molecular weight is 317 g/mol. The first-order valence-electron chi connectivity index (χ1n) is 6.37. The summed E-state index contributed by atoms with van der Waals surface area (Å²) in [6.45, 7) is 2.00. The summed E-state index contributed by atoms with van der Waals surface area (Å²) in [5.74, 6) is 0.784. The molecule has 0 saturated carbocycles. The van der Waals surface area contributed by atoms with Crippen molar-refractivity contribution in [3.63, 3.8) is 0 Å². The van der Waals surface area contributed by atoms with Crippen LogP contribution in [0.1, 0.15) is 5.56 Å². The Labute approximate surface area is 132 Å². The van der Waals surface area contributed by atoms with Crippen LogP contribution in [0.15, 0.2) is 47.9 Å². The molecule has 0 aliphatic carbocycles. The second-order valence-electron chi connectivity index (χ2n) is 4.47. The Morgan fingerprint density at radius 2 is 1.86 bits per heavy atom. The Morgan fingerprint density at radius 3 is 2.57 bits per heavy atom. The minimum Gasteiger partial charge on any atom is -0.270 e. The molecule has 3 aromatic rings. The summed E-state index contributed by atoms with van der Waals surface area (Å²) in [7, 11) is 0. The third-order valence-electron chi connectivity index (χ3n) is 3.23. The first kappa shape index (κ1) is 14.1. The van der Waals surface area contributed by atoms with Crippen molar-refractivity contribution in [3.05, 3.63) is 53.3 Å². The lowest BCUT2D eigenvalue weighted by Gasteiger charge is -2.13. The van der Waals surface area contributed by atoms with Gasteiger partial charge in [-0.05, 0) is 43.0 Å². The number of benzene rings is 1. The lowest BCUT2D eigenvalue weighted by atomic mass is 10.2. The number of hydrogen-bond donors (Lipinski definition) is 0. The molecular formula is C15H13ClN4S. The van der Waals surface area contributed by atoms with Crippen LogP contribution in [-0.4, -0.2) is 26.0 Å². The molecule has 0 spiro atoms. The van der Waals surface area contributed by atoms with E-state index in [1.165, 1.54) is 0 Å². The molecular weight excluding hydrogens is 304 g/mol. The second-order valence-corrected chi connectivity index (χ2v) is 5.65. The van der Waals surface area contributed by atoms with Gasteiger partial charge < -0.3 is 0 Å². The summed E-state index contributed by atoms with van der Waals surface area (Å²) in [4.78, 5) is 4.05. The molecule has 1 aromatic carbocycles. The Bertz CT molecular complexity index is 771. The molecule has 0 bridgehead atoms. The maximum atomic E-state index is 6.25. The maximum absolute atomic E-state index is 6.25. The van der Waals surface area contributed by atoms with E-state index < -0.39 is 0 Å². The van der Waals surface area contributed by atoms with Crippen molar-refractivity contribution in [2.45, 2.75) is 12.1 Å². The van der Waals surface area contributed by atoms with Gasteiger partial charge in [0.2, 0.25) is 0 Å². The van der Waals surface area contributed by atoms with Crippen LogP contribution in [0, 0.1) is 6.92 Å². The van der Waals surface area contributed by atoms with Crippen molar-refractivity contribution in [2.75, 3.05) is 6.26 Å². The third kappa shape index (κ3) is 2.54. The van der Waals surface area contributed by atoms with Crippen molar-refractivity contribution < 1.29 is 0 Å². The van der Waals surface area contributed by atoms with E-state index in [1.54, 1.807) is 24.2 Å². The van der Waals surface area contributed by atoms with Gasteiger partial charge in [0.25, 0.3) is 0 Å². The standard InChI is InChI=1S/C15H13ClN4S/c1-10-12(16)4-3-5-13(10)20-14(18-19-15(20)21-2)11-6-8-17-9-7-11/h3-9H,1-2H3. The summed E-state index contributed by atoms with van der Waals surface area (Å²) in [6.07, 6.45) is 5.48. The molecule has 2 aromatic heterocycles. The zero-order chi connectivity index (χ0) is 14.8. The van der Waals surface area contributed by atoms with Crippen LogP contribution in [0.4, 0.5) is 0 Å². The first-order valence-corrected chi connectivity index (χ1v) is 7.98. The largest absolute Gasteiger partial charge is 0.270 e. The number of halogens is 1. The Kier molecular flexibility index (Phi) is 3.94. The zero-order valence-corrected chi connectivity index (χ0v) is 13.2. The molecule has 3 rings (SSSR count). The van der Waals surface area contributed by atoms with Crippen molar-refractivity contribution in [3.8, 4) is 17.1 Å². The van der Waals surface area contributed by atoms with E-state index in [0.29, 0.717) is 0 Å². The predicted octanol–water partition coefficient (Wildman–Crippen LogP) is 4.01. The zero-order valence-electron chi connectivity index (χ0n) is 11.6. The highest BCUT2D eigenvalue weighted by Crippen LogP contribution is 2.30. The molecule has 0 aliphatic rings. The Morgan fingerprint density at radius 1 is 1.10 bits per heavy atom. The third-order valence-corrected chi connectivity index (χ3v) is 4.27. The van der Waals surface area contributed by atoms with Gasteiger partial charge in [0.15, 0.2) is 11.0 Å². The SMILES string of the molecule is CSc1nnc(-c2ccncc2)n1-c1cccc(Cl)c1C. The maximum Gasteiger partial charge on any atom is 0.195 e. The van der Waals surface area contributed by atoms with Crippen LogP contribution in [0.5, 0.6) is 0 Å². The first-order chi connectivity index (χ1) is 10.2. The number of hydrogen-bond acceptors (Lipinski definition) is 4. The molecule has 0 N–H and O–H groups in total. The number of thioether (sulfide) groups is 1. The van der Waals surface area contributed by atoms with Crippen LogP contribution in [0.25, 0.3) is 17.1 Å². The molecule has 6 heteroatoms. The lowest BCUT2D eigenvalue weighted by Crippen LogP contribution is -2.02. The molecule has 0 radical (unpaired) electrons. The summed E-state index contributed by atoms with van der Waals surface area (Å²) in [5, 5.41) is 10.2. The van der Waals surface area contributed by atoms with Crippen molar-refractivity contribution >= 4 is 23.4 Å². The Balaban J connectivity index is 2.26. The molecule has 21 heavy (non-hydrogen) atoms. The molecule has 0 saturated heterocycles. The fourth-order valence-corrected chi connectivity index (χ4v) is 2.80. The smallest absolute Gasteiger partial charge is 0.195 e. The summed E-state index contributed by atoms with van der Waals surface area (Å²) in [6, 6.07) is 9.69. The minimum absolute atomic E-state index is 0.730. The van der Waals surface area contributed by atoms with Crippen LogP contribution >= 0.6 is 23.4 Å². The quantitative estimate of drug-likeness (QED) is 0.685. The molecule has 0 aliphatic heterocycles. The van der Waals surface area contributed by atoms with Gasteiger partial charge in [0, 0.05) is 23.0 Å². The van der Waals surface area contributed by atoms with Gasteiger partial charge >= 0.3 is 0 Å². The van der Waals surface area contributed by atoms with Gasteiger partial charge in [-0.3, -0.25) is 9.55 Å². The van der Waals surface area contributed by atoms with Crippen molar-refractivity contribution in [1.29, 1.82) is 0 Å². The molecule has 0 amide bonds. The molecule has 4 nitrogen and oxygen atoms in total. The van der Waals surface area contributed by atoms with Gasteiger partial charge in [-0.1, -0.05) is 29.4 Å². The van der Waals surface area contributed by atoms with Crippen LogP contribution < -0.4 is 0 Å². The normalized spacial score (nSPS) is 10.8. The molecule has 0 unspecified atom stereocenters. The predicted molar refractivity (Wildman–Crippen MR) is 86.1 cm³/mol. The van der Waals surface area contributed by atoms with E-state index in [-0.39, 0.29) is 0 Å². The van der Waals surface area contributed by atoms with E-state index in [9.17, 15) is 0 Å². The fourth-order valence-electron chi connectivity index (χ4n) is 2.15. The highest BCUT2D eigenvalue weighted by Gasteiger charge is 2.17. The van der Waals surface area contributed by atoms with E-state index in [4.69, 9.17) is 11.6 Å². The summed E-state index contributed by atoms with van der Waals surface area (Å²) in [5.41, 5.74) is 2.96. The molecule has 2 heterocycles. The minimum atomic E-state index is 0.730. The average Bonchev–Trinajstić information content (AvgIpc) is 2.94. The molecule has 0 atom stereocenters. The summed E-state index contributed by atoms with van der Waals surface area (Å²) >= 11 is 7.80. The summed E-state index contributed by atoms with van der Waals surface area (Å²) < 4.78 is 2.03. The van der Waals surface area contributed by atoms with E-state index in [2.05, 4.69) is 15.2 Å². The van der Waals surface area contributed by atoms with Crippen LogP contribution in [-0.2, 0) is 0 Å². The number of nitrogens with zero attached hydrogens (tertiary/aromatic N) is 4. The van der Waals surface area contributed by atoms with Gasteiger partial charge in [-0.15, -0.1) is 10.2 Å². The number of pyridine rings is 1. The number of aromatic nitrogens is 4. The Hall–Kier alpha value is -1.85. The number of rotatable bonds is 3. The monoisotopic (exact) mass is 316 g/mol. The van der Waals surface area contributed by atoms with Gasteiger partial charge in [-0.2, -0.15) is 0 Å². The highest BCUT2D eigenvalue weighted by atomic mass is 35.5. The van der Waals surface area contributed by atoms with Crippen molar-refractivity contribution in [1.82, 2.24) is 19.7 Å². The van der Waals surface area contributed by atoms with Gasteiger partial charge in [0.1, 0.15) is 0 Å². The topological polar surface area (TPSA) is 43.6 Å². The second kappa shape index (κ2) is 5.87. The van der Waals surface area contributed by atoms with Crippen LogP contribution in [0.3, 0.4) is 0 Å². The fraction of sp³-hybridized carbons (Fsp3) is 0.133. The highest BCUT2D eigenvalue weighted by molar-refractivity contribution is 7.98. The van der Waals surface area contributed by atoms with Crippen molar-refractivity contribution in [2.24, 2.45) is 0 Å².